The highest BCUT2D eigenvalue weighted by Crippen LogP contribution is 2.26. The molecular weight excluding hydrogens is 234 g/mol. The molecular formula is C14H22ClNO. The van der Waals surface area contributed by atoms with Crippen molar-refractivity contribution in [2.24, 2.45) is 0 Å². The van der Waals surface area contributed by atoms with Crippen LogP contribution in [0, 0.1) is 6.92 Å². The van der Waals surface area contributed by atoms with E-state index in [-0.39, 0.29) is 11.6 Å². The molecule has 0 saturated heterocycles. The molecule has 1 rings (SSSR count). The number of halogens is 1. The summed E-state index contributed by atoms with van der Waals surface area (Å²) in [6, 6.07) is 5.84. The summed E-state index contributed by atoms with van der Waals surface area (Å²) < 4.78 is 5.80. The van der Waals surface area contributed by atoms with E-state index in [1.54, 1.807) is 0 Å². The summed E-state index contributed by atoms with van der Waals surface area (Å²) in [6.45, 7) is 11.3. The average molecular weight is 256 g/mol. The fraction of sp³-hybridized carbons (Fsp3) is 0.571. The first-order valence-electron chi connectivity index (χ1n) is 5.96. The summed E-state index contributed by atoms with van der Waals surface area (Å²) >= 11 is 6.12. The quantitative estimate of drug-likeness (QED) is 0.884. The smallest absolute Gasteiger partial charge is 0.138 e. The molecule has 0 radical (unpaired) electrons. The summed E-state index contributed by atoms with van der Waals surface area (Å²) in [7, 11) is 0. The van der Waals surface area contributed by atoms with Crippen LogP contribution in [0.1, 0.15) is 33.3 Å². The van der Waals surface area contributed by atoms with Crippen LogP contribution < -0.4 is 10.1 Å². The number of benzene rings is 1. The van der Waals surface area contributed by atoms with Crippen molar-refractivity contribution < 1.29 is 4.74 Å². The van der Waals surface area contributed by atoms with Crippen molar-refractivity contribution in [2.75, 3.05) is 6.54 Å². The van der Waals surface area contributed by atoms with Gasteiger partial charge in [0.15, 0.2) is 0 Å². The van der Waals surface area contributed by atoms with Crippen LogP contribution in [-0.2, 0) is 0 Å². The maximum atomic E-state index is 6.12. The van der Waals surface area contributed by atoms with E-state index < -0.39 is 0 Å². The molecule has 0 bridgehead atoms. The molecule has 0 fully saturated rings. The fourth-order valence-electron chi connectivity index (χ4n) is 1.41. The van der Waals surface area contributed by atoms with E-state index in [0.717, 1.165) is 17.9 Å². The average Bonchev–Trinajstić information content (AvgIpc) is 2.18. The third-order valence-corrected chi connectivity index (χ3v) is 2.63. The van der Waals surface area contributed by atoms with E-state index in [0.29, 0.717) is 5.02 Å². The maximum absolute atomic E-state index is 6.12. The Kier molecular flexibility index (Phi) is 4.84. The number of nitrogens with one attached hydrogen (secondary N) is 1. The van der Waals surface area contributed by atoms with Crippen molar-refractivity contribution in [3.05, 3.63) is 28.8 Å². The van der Waals surface area contributed by atoms with E-state index >= 15 is 0 Å². The van der Waals surface area contributed by atoms with Crippen molar-refractivity contribution in [3.63, 3.8) is 0 Å². The standard InChI is InChI=1S/C14H22ClNO/c1-10-6-7-13(12(15)8-10)17-11(2)9-16-14(3,4)5/h6-8,11,16H,9H2,1-5H3. The highest BCUT2D eigenvalue weighted by atomic mass is 35.5. The van der Waals surface area contributed by atoms with Gasteiger partial charge in [0.05, 0.1) is 5.02 Å². The SMILES string of the molecule is Cc1ccc(OC(C)CNC(C)(C)C)c(Cl)c1. The summed E-state index contributed by atoms with van der Waals surface area (Å²) in [5.74, 6) is 0.750. The van der Waals surface area contributed by atoms with Gasteiger partial charge < -0.3 is 10.1 Å². The summed E-state index contributed by atoms with van der Waals surface area (Å²) in [4.78, 5) is 0. The van der Waals surface area contributed by atoms with Gasteiger partial charge in [0, 0.05) is 12.1 Å². The second-order valence-electron chi connectivity index (χ2n) is 5.49. The van der Waals surface area contributed by atoms with Crippen LogP contribution in [0.2, 0.25) is 5.02 Å². The molecule has 1 aromatic rings. The van der Waals surface area contributed by atoms with Gasteiger partial charge in [-0.1, -0.05) is 17.7 Å². The van der Waals surface area contributed by atoms with Crippen LogP contribution in [0.25, 0.3) is 0 Å². The van der Waals surface area contributed by atoms with E-state index in [2.05, 4.69) is 26.1 Å². The van der Waals surface area contributed by atoms with Gasteiger partial charge in [0.1, 0.15) is 11.9 Å². The van der Waals surface area contributed by atoms with Crippen LogP contribution in [0.5, 0.6) is 5.75 Å². The minimum atomic E-state index is 0.0921. The van der Waals surface area contributed by atoms with Gasteiger partial charge in [-0.15, -0.1) is 0 Å². The molecule has 0 aliphatic carbocycles. The van der Waals surface area contributed by atoms with Gasteiger partial charge in [0.25, 0.3) is 0 Å². The molecule has 0 aliphatic heterocycles. The zero-order chi connectivity index (χ0) is 13.1. The Morgan fingerprint density at radius 1 is 1.35 bits per heavy atom. The van der Waals surface area contributed by atoms with Crippen LogP contribution in [-0.4, -0.2) is 18.2 Å². The number of rotatable bonds is 4. The predicted molar refractivity (Wildman–Crippen MR) is 74.0 cm³/mol. The number of aryl methyl sites for hydroxylation is 1. The Morgan fingerprint density at radius 3 is 2.53 bits per heavy atom. The Morgan fingerprint density at radius 2 is 2.00 bits per heavy atom. The van der Waals surface area contributed by atoms with Gasteiger partial charge in [-0.25, -0.2) is 0 Å². The van der Waals surface area contributed by atoms with Crippen molar-refractivity contribution in [3.8, 4) is 5.75 Å². The van der Waals surface area contributed by atoms with Crippen molar-refractivity contribution in [2.45, 2.75) is 46.3 Å². The monoisotopic (exact) mass is 255 g/mol. The Hall–Kier alpha value is -0.730. The number of hydrogen-bond donors (Lipinski definition) is 1. The van der Waals surface area contributed by atoms with Gasteiger partial charge in [-0.2, -0.15) is 0 Å². The van der Waals surface area contributed by atoms with Gasteiger partial charge in [0.2, 0.25) is 0 Å². The number of ether oxygens (including phenoxy) is 1. The molecule has 0 spiro atoms. The van der Waals surface area contributed by atoms with Crippen molar-refractivity contribution >= 4 is 11.6 Å². The van der Waals surface area contributed by atoms with Crippen LogP contribution >= 0.6 is 11.6 Å². The molecule has 0 aromatic heterocycles. The molecule has 2 nitrogen and oxygen atoms in total. The van der Waals surface area contributed by atoms with E-state index in [9.17, 15) is 0 Å². The Balaban J connectivity index is 2.53. The minimum Gasteiger partial charge on any atom is -0.488 e. The molecule has 1 aromatic carbocycles. The third kappa shape index (κ3) is 5.42. The molecule has 1 unspecified atom stereocenters. The molecule has 1 atom stereocenters. The summed E-state index contributed by atoms with van der Waals surface area (Å²) in [5, 5.41) is 4.08. The highest BCUT2D eigenvalue weighted by Gasteiger charge is 2.12. The first-order chi connectivity index (χ1) is 7.78. The normalized spacial score (nSPS) is 13.5. The first-order valence-corrected chi connectivity index (χ1v) is 6.33. The molecule has 1 N–H and O–H groups in total. The van der Waals surface area contributed by atoms with E-state index in [4.69, 9.17) is 16.3 Å². The van der Waals surface area contributed by atoms with Gasteiger partial charge in [-0.3, -0.25) is 0 Å². The molecule has 3 heteroatoms. The lowest BCUT2D eigenvalue weighted by molar-refractivity contribution is 0.203. The van der Waals surface area contributed by atoms with Crippen LogP contribution in [0.15, 0.2) is 18.2 Å². The molecule has 96 valence electrons. The van der Waals surface area contributed by atoms with Crippen molar-refractivity contribution in [1.82, 2.24) is 5.32 Å². The second kappa shape index (κ2) is 5.74. The fourth-order valence-corrected chi connectivity index (χ4v) is 1.69. The first kappa shape index (κ1) is 14.3. The minimum absolute atomic E-state index is 0.0921. The predicted octanol–water partition coefficient (Wildman–Crippen LogP) is 3.80. The lowest BCUT2D eigenvalue weighted by Crippen LogP contribution is -2.41. The van der Waals surface area contributed by atoms with Crippen LogP contribution in [0.3, 0.4) is 0 Å². The van der Waals surface area contributed by atoms with Gasteiger partial charge >= 0.3 is 0 Å². The zero-order valence-electron chi connectivity index (χ0n) is 11.3. The molecule has 17 heavy (non-hydrogen) atoms. The lowest BCUT2D eigenvalue weighted by Gasteiger charge is -2.24. The van der Waals surface area contributed by atoms with Crippen molar-refractivity contribution in [1.29, 1.82) is 0 Å². The molecule has 0 aliphatic rings. The molecule has 0 heterocycles. The van der Waals surface area contributed by atoms with Gasteiger partial charge in [-0.05, 0) is 52.3 Å². The summed E-state index contributed by atoms with van der Waals surface area (Å²) in [5.41, 5.74) is 1.25. The third-order valence-electron chi connectivity index (χ3n) is 2.34. The lowest BCUT2D eigenvalue weighted by atomic mass is 10.1. The number of hydrogen-bond acceptors (Lipinski definition) is 2. The topological polar surface area (TPSA) is 21.3 Å². The van der Waals surface area contributed by atoms with Crippen LogP contribution in [0.4, 0.5) is 0 Å². The molecule has 0 saturated carbocycles. The molecule has 0 amide bonds. The van der Waals surface area contributed by atoms with E-state index in [1.807, 2.05) is 32.0 Å². The van der Waals surface area contributed by atoms with E-state index in [1.165, 1.54) is 0 Å². The zero-order valence-corrected chi connectivity index (χ0v) is 12.1. The Bertz CT molecular complexity index is 371. The Labute approximate surface area is 109 Å². The highest BCUT2D eigenvalue weighted by molar-refractivity contribution is 6.32. The maximum Gasteiger partial charge on any atom is 0.138 e. The largest absolute Gasteiger partial charge is 0.488 e. The summed E-state index contributed by atoms with van der Waals surface area (Å²) in [6.07, 6.45) is 0.0921. The second-order valence-corrected chi connectivity index (χ2v) is 5.90.